The average molecular weight is 229 g/mol. The Bertz CT molecular complexity index is 330. The lowest BCUT2D eigenvalue weighted by molar-refractivity contribution is 0.116. The van der Waals surface area contributed by atoms with Gasteiger partial charge in [-0.2, -0.15) is 10.1 Å². The minimum absolute atomic E-state index is 0.173. The molecule has 6 heteroatoms. The van der Waals surface area contributed by atoms with Crippen molar-refractivity contribution in [2.45, 2.75) is 18.9 Å². The number of anilines is 1. The Kier molecular flexibility index (Phi) is 3.33. The molecule has 0 N–H and O–H groups in total. The van der Waals surface area contributed by atoms with Crippen molar-refractivity contribution in [2.75, 3.05) is 25.1 Å². The van der Waals surface area contributed by atoms with Gasteiger partial charge in [-0.25, -0.2) is 0 Å². The Morgan fingerprint density at radius 2 is 2.53 bits per heavy atom. The molecule has 82 valence electrons. The van der Waals surface area contributed by atoms with Crippen molar-refractivity contribution in [3.63, 3.8) is 0 Å². The molecule has 0 aromatic carbocycles. The van der Waals surface area contributed by atoms with Gasteiger partial charge in [0.1, 0.15) is 0 Å². The van der Waals surface area contributed by atoms with Crippen molar-refractivity contribution >= 4 is 17.4 Å². The Labute approximate surface area is 93.4 Å². The summed E-state index contributed by atoms with van der Waals surface area (Å²) >= 11 is 5.66. The third kappa shape index (κ3) is 2.76. The van der Waals surface area contributed by atoms with E-state index in [0.717, 1.165) is 31.8 Å². The van der Waals surface area contributed by atoms with Crippen molar-refractivity contribution in [1.29, 1.82) is 0 Å². The number of hydrogen-bond acceptors (Lipinski definition) is 5. The maximum absolute atomic E-state index is 5.66. The predicted molar refractivity (Wildman–Crippen MR) is 57.1 cm³/mol. The fraction of sp³-hybridized carbons (Fsp3) is 0.667. The molecule has 0 bridgehead atoms. The van der Waals surface area contributed by atoms with Crippen LogP contribution in [0.4, 0.5) is 5.82 Å². The van der Waals surface area contributed by atoms with E-state index in [0.29, 0.717) is 6.10 Å². The Hall–Kier alpha value is -0.940. The number of aromatic nitrogens is 3. The molecule has 0 amide bonds. The molecule has 0 radical (unpaired) electrons. The molecule has 0 spiro atoms. The first-order valence-electron chi connectivity index (χ1n) is 4.93. The van der Waals surface area contributed by atoms with Gasteiger partial charge in [-0.05, 0) is 24.4 Å². The molecule has 5 nitrogen and oxygen atoms in total. The van der Waals surface area contributed by atoms with Crippen LogP contribution in [0.15, 0.2) is 6.20 Å². The van der Waals surface area contributed by atoms with Crippen LogP contribution in [0, 0.1) is 0 Å². The summed E-state index contributed by atoms with van der Waals surface area (Å²) < 4.78 is 5.54. The first-order chi connectivity index (χ1) is 7.25. The van der Waals surface area contributed by atoms with Crippen LogP contribution >= 0.6 is 11.6 Å². The van der Waals surface area contributed by atoms with Crippen molar-refractivity contribution in [3.8, 4) is 0 Å². The normalized spacial score (nSPS) is 20.5. The number of halogens is 1. The second kappa shape index (κ2) is 4.72. The zero-order valence-electron chi connectivity index (χ0n) is 8.56. The molecule has 15 heavy (non-hydrogen) atoms. The van der Waals surface area contributed by atoms with E-state index in [4.69, 9.17) is 16.3 Å². The number of rotatable bonds is 3. The summed E-state index contributed by atoms with van der Waals surface area (Å²) in [6.45, 7) is 1.68. The van der Waals surface area contributed by atoms with Crippen molar-refractivity contribution in [3.05, 3.63) is 11.5 Å². The van der Waals surface area contributed by atoms with E-state index in [2.05, 4.69) is 15.2 Å². The van der Waals surface area contributed by atoms with E-state index in [-0.39, 0.29) is 5.28 Å². The van der Waals surface area contributed by atoms with Gasteiger partial charge >= 0.3 is 0 Å². The monoisotopic (exact) mass is 228 g/mol. The SMILES string of the molecule is CN(CC1CCCO1)c1cnnc(Cl)n1. The van der Waals surface area contributed by atoms with Gasteiger partial charge in [-0.3, -0.25) is 0 Å². The molecule has 1 aliphatic heterocycles. The van der Waals surface area contributed by atoms with Gasteiger partial charge in [0.2, 0.25) is 5.28 Å². The molecule has 0 saturated carbocycles. The highest BCUT2D eigenvalue weighted by Crippen LogP contribution is 2.16. The van der Waals surface area contributed by atoms with Crippen molar-refractivity contribution in [2.24, 2.45) is 0 Å². The zero-order chi connectivity index (χ0) is 10.7. The highest BCUT2D eigenvalue weighted by atomic mass is 35.5. The van der Waals surface area contributed by atoms with Crippen LogP contribution in [0.2, 0.25) is 5.28 Å². The lowest BCUT2D eigenvalue weighted by atomic mass is 10.2. The van der Waals surface area contributed by atoms with E-state index < -0.39 is 0 Å². The second-order valence-corrected chi connectivity index (χ2v) is 3.94. The van der Waals surface area contributed by atoms with Gasteiger partial charge in [-0.1, -0.05) is 0 Å². The zero-order valence-corrected chi connectivity index (χ0v) is 9.31. The molecule has 1 unspecified atom stereocenters. The summed E-state index contributed by atoms with van der Waals surface area (Å²) in [5.41, 5.74) is 0. The third-order valence-corrected chi connectivity index (χ3v) is 2.57. The summed E-state index contributed by atoms with van der Waals surface area (Å²) in [4.78, 5) is 6.06. The number of hydrogen-bond donors (Lipinski definition) is 0. The van der Waals surface area contributed by atoms with E-state index in [1.807, 2.05) is 11.9 Å². The smallest absolute Gasteiger partial charge is 0.244 e. The van der Waals surface area contributed by atoms with Crippen LogP contribution in [0.1, 0.15) is 12.8 Å². The molecule has 1 aromatic heterocycles. The average Bonchev–Trinajstić information content (AvgIpc) is 2.70. The van der Waals surface area contributed by atoms with Gasteiger partial charge in [0.15, 0.2) is 5.82 Å². The van der Waals surface area contributed by atoms with E-state index in [9.17, 15) is 0 Å². The predicted octanol–water partition coefficient (Wildman–Crippen LogP) is 1.14. The molecule has 2 rings (SSSR count). The highest BCUT2D eigenvalue weighted by molar-refractivity contribution is 6.28. The summed E-state index contributed by atoms with van der Waals surface area (Å²) in [5, 5.41) is 7.53. The molecule has 1 aromatic rings. The second-order valence-electron chi connectivity index (χ2n) is 3.60. The number of likely N-dealkylation sites (N-methyl/N-ethyl adjacent to an activating group) is 1. The quantitative estimate of drug-likeness (QED) is 0.777. The van der Waals surface area contributed by atoms with Gasteiger partial charge in [0, 0.05) is 20.2 Å². The molecule has 0 aliphatic carbocycles. The maximum Gasteiger partial charge on any atom is 0.244 e. The number of nitrogens with zero attached hydrogens (tertiary/aromatic N) is 4. The summed E-state index contributed by atoms with van der Waals surface area (Å²) in [5.74, 6) is 0.727. The van der Waals surface area contributed by atoms with Gasteiger partial charge < -0.3 is 9.64 Å². The molecule has 1 saturated heterocycles. The summed E-state index contributed by atoms with van der Waals surface area (Å²) in [6, 6.07) is 0. The molecular weight excluding hydrogens is 216 g/mol. The molecule has 1 atom stereocenters. The van der Waals surface area contributed by atoms with Crippen LogP contribution in [-0.2, 0) is 4.74 Å². The van der Waals surface area contributed by atoms with E-state index in [1.54, 1.807) is 6.20 Å². The molecule has 1 aliphatic rings. The molecular formula is C9H13ClN4O. The Morgan fingerprint density at radius 3 is 3.20 bits per heavy atom. The molecule has 1 fully saturated rings. The van der Waals surface area contributed by atoms with Gasteiger partial charge in [-0.15, -0.1) is 5.10 Å². The Balaban J connectivity index is 1.97. The number of ether oxygens (including phenoxy) is 1. The van der Waals surface area contributed by atoms with Crippen LogP contribution in [0.25, 0.3) is 0 Å². The Morgan fingerprint density at radius 1 is 1.67 bits per heavy atom. The van der Waals surface area contributed by atoms with Gasteiger partial charge in [0.05, 0.1) is 12.3 Å². The van der Waals surface area contributed by atoms with Crippen molar-refractivity contribution in [1.82, 2.24) is 15.2 Å². The topological polar surface area (TPSA) is 51.1 Å². The van der Waals surface area contributed by atoms with Crippen molar-refractivity contribution < 1.29 is 4.74 Å². The lowest BCUT2D eigenvalue weighted by Gasteiger charge is -2.20. The first-order valence-corrected chi connectivity index (χ1v) is 5.31. The van der Waals surface area contributed by atoms with Crippen LogP contribution in [0.3, 0.4) is 0 Å². The highest BCUT2D eigenvalue weighted by Gasteiger charge is 2.18. The minimum Gasteiger partial charge on any atom is -0.376 e. The fourth-order valence-electron chi connectivity index (χ4n) is 1.65. The first kappa shape index (κ1) is 10.6. The standard InChI is InChI=1S/C9H13ClN4O/c1-14(6-7-3-2-4-15-7)8-5-11-13-9(10)12-8/h5,7H,2-4,6H2,1H3. The minimum atomic E-state index is 0.173. The fourth-order valence-corrected chi connectivity index (χ4v) is 1.78. The van der Waals surface area contributed by atoms with E-state index in [1.165, 1.54) is 0 Å². The van der Waals surface area contributed by atoms with Gasteiger partial charge in [0.25, 0.3) is 0 Å². The summed E-state index contributed by atoms with van der Waals surface area (Å²) in [7, 11) is 1.95. The van der Waals surface area contributed by atoms with Crippen LogP contribution < -0.4 is 4.90 Å². The van der Waals surface area contributed by atoms with Crippen LogP contribution in [0.5, 0.6) is 0 Å². The lowest BCUT2D eigenvalue weighted by Crippen LogP contribution is -2.29. The maximum atomic E-state index is 5.66. The van der Waals surface area contributed by atoms with Crippen LogP contribution in [-0.4, -0.2) is 41.5 Å². The van der Waals surface area contributed by atoms with E-state index >= 15 is 0 Å². The third-order valence-electron chi connectivity index (χ3n) is 2.41. The molecule has 2 heterocycles. The summed E-state index contributed by atoms with van der Waals surface area (Å²) in [6.07, 6.45) is 4.14. The largest absolute Gasteiger partial charge is 0.376 e.